The van der Waals surface area contributed by atoms with E-state index in [0.29, 0.717) is 6.61 Å². The zero-order chi connectivity index (χ0) is 11.9. The molecule has 0 aromatic carbocycles. The van der Waals surface area contributed by atoms with Crippen LogP contribution in [-0.2, 0) is 9.47 Å². The van der Waals surface area contributed by atoms with Crippen LogP contribution in [0.4, 0.5) is 0 Å². The summed E-state index contributed by atoms with van der Waals surface area (Å²) in [7, 11) is 2.01. The molecule has 3 nitrogen and oxygen atoms in total. The van der Waals surface area contributed by atoms with Gasteiger partial charge in [0.2, 0.25) is 0 Å². The number of hydrogen-bond acceptors (Lipinski definition) is 3. The molecule has 0 aromatic heterocycles. The summed E-state index contributed by atoms with van der Waals surface area (Å²) in [4.78, 5) is 0. The molecule has 0 aromatic rings. The van der Waals surface area contributed by atoms with Crippen LogP contribution in [0.25, 0.3) is 0 Å². The number of nitrogens with one attached hydrogen (secondary N) is 1. The average Bonchev–Trinajstić information content (AvgIpc) is 2.28. The van der Waals surface area contributed by atoms with Gasteiger partial charge in [-0.1, -0.05) is 19.3 Å². The van der Waals surface area contributed by atoms with Crippen LogP contribution in [0.1, 0.15) is 46.0 Å². The normalized spacial score (nSPS) is 21.9. The van der Waals surface area contributed by atoms with Crippen LogP contribution in [0, 0.1) is 0 Å². The van der Waals surface area contributed by atoms with E-state index in [1.807, 2.05) is 14.0 Å². The molecule has 0 heterocycles. The van der Waals surface area contributed by atoms with Crippen molar-refractivity contribution in [1.29, 1.82) is 0 Å². The minimum Gasteiger partial charge on any atom is -0.379 e. The Labute approximate surface area is 99.9 Å². The number of hydrogen-bond donors (Lipinski definition) is 1. The van der Waals surface area contributed by atoms with Crippen molar-refractivity contribution in [2.75, 3.05) is 26.8 Å². The Morgan fingerprint density at radius 1 is 1.25 bits per heavy atom. The Bertz CT molecular complexity index is 173. The summed E-state index contributed by atoms with van der Waals surface area (Å²) in [5.74, 6) is 0. The molecule has 1 rings (SSSR count). The SMILES string of the molecule is CCOCC(C)OC1(CNC)CCCCC1. The second kappa shape index (κ2) is 7.25. The summed E-state index contributed by atoms with van der Waals surface area (Å²) in [6.07, 6.45) is 6.52. The minimum absolute atomic E-state index is 0.0590. The highest BCUT2D eigenvalue weighted by Crippen LogP contribution is 2.32. The van der Waals surface area contributed by atoms with Crippen LogP contribution in [0.2, 0.25) is 0 Å². The molecule has 0 bridgehead atoms. The van der Waals surface area contributed by atoms with Gasteiger partial charge in [-0.3, -0.25) is 0 Å². The highest BCUT2D eigenvalue weighted by molar-refractivity contribution is 4.87. The van der Waals surface area contributed by atoms with E-state index in [1.165, 1.54) is 32.1 Å². The smallest absolute Gasteiger partial charge is 0.0810 e. The highest BCUT2D eigenvalue weighted by atomic mass is 16.5. The zero-order valence-electron chi connectivity index (χ0n) is 11.1. The van der Waals surface area contributed by atoms with Crippen molar-refractivity contribution in [2.45, 2.75) is 57.7 Å². The van der Waals surface area contributed by atoms with E-state index in [2.05, 4.69) is 12.2 Å². The summed E-state index contributed by atoms with van der Waals surface area (Å²) in [5, 5.41) is 3.27. The Hall–Kier alpha value is -0.120. The second-order valence-electron chi connectivity index (χ2n) is 4.86. The van der Waals surface area contributed by atoms with Gasteiger partial charge in [0, 0.05) is 13.2 Å². The van der Waals surface area contributed by atoms with Gasteiger partial charge in [0.15, 0.2) is 0 Å². The minimum atomic E-state index is 0.0590. The van der Waals surface area contributed by atoms with E-state index in [0.717, 1.165) is 13.2 Å². The lowest BCUT2D eigenvalue weighted by Gasteiger charge is -2.39. The lowest BCUT2D eigenvalue weighted by Crippen LogP contribution is -2.46. The molecule has 1 aliphatic rings. The molecule has 0 saturated heterocycles. The largest absolute Gasteiger partial charge is 0.379 e. The third-order valence-corrected chi connectivity index (χ3v) is 3.27. The zero-order valence-corrected chi connectivity index (χ0v) is 11.1. The lowest BCUT2D eigenvalue weighted by molar-refractivity contribution is -0.125. The van der Waals surface area contributed by atoms with Crippen LogP contribution in [0.15, 0.2) is 0 Å². The van der Waals surface area contributed by atoms with Crippen LogP contribution < -0.4 is 5.32 Å². The molecule has 96 valence electrons. The van der Waals surface area contributed by atoms with E-state index < -0.39 is 0 Å². The summed E-state index contributed by atoms with van der Waals surface area (Å²) < 4.78 is 11.6. The fourth-order valence-corrected chi connectivity index (χ4v) is 2.60. The van der Waals surface area contributed by atoms with Gasteiger partial charge >= 0.3 is 0 Å². The van der Waals surface area contributed by atoms with Crippen molar-refractivity contribution in [3.05, 3.63) is 0 Å². The van der Waals surface area contributed by atoms with Crippen LogP contribution >= 0.6 is 0 Å². The van der Waals surface area contributed by atoms with Crippen LogP contribution in [0.5, 0.6) is 0 Å². The maximum absolute atomic E-state index is 6.23. The molecule has 1 fully saturated rings. The van der Waals surface area contributed by atoms with E-state index in [-0.39, 0.29) is 11.7 Å². The Morgan fingerprint density at radius 3 is 2.50 bits per heavy atom. The first kappa shape index (κ1) is 13.9. The van der Waals surface area contributed by atoms with E-state index >= 15 is 0 Å². The van der Waals surface area contributed by atoms with Crippen molar-refractivity contribution < 1.29 is 9.47 Å². The maximum atomic E-state index is 6.23. The molecule has 3 heteroatoms. The molecular weight excluding hydrogens is 202 g/mol. The third kappa shape index (κ3) is 4.40. The van der Waals surface area contributed by atoms with Gasteiger partial charge in [0.25, 0.3) is 0 Å². The summed E-state index contributed by atoms with van der Waals surface area (Å²) in [6, 6.07) is 0. The van der Waals surface area contributed by atoms with Crippen molar-refractivity contribution in [1.82, 2.24) is 5.32 Å². The molecule has 1 N–H and O–H groups in total. The molecule has 0 aliphatic heterocycles. The maximum Gasteiger partial charge on any atom is 0.0810 e. The number of likely N-dealkylation sites (N-methyl/N-ethyl adjacent to an activating group) is 1. The van der Waals surface area contributed by atoms with E-state index in [1.54, 1.807) is 0 Å². The van der Waals surface area contributed by atoms with Crippen molar-refractivity contribution >= 4 is 0 Å². The monoisotopic (exact) mass is 229 g/mol. The number of ether oxygens (including phenoxy) is 2. The van der Waals surface area contributed by atoms with Crippen LogP contribution in [-0.4, -0.2) is 38.5 Å². The molecule has 16 heavy (non-hydrogen) atoms. The fraction of sp³-hybridized carbons (Fsp3) is 1.00. The molecule has 1 unspecified atom stereocenters. The van der Waals surface area contributed by atoms with Gasteiger partial charge in [-0.15, -0.1) is 0 Å². The van der Waals surface area contributed by atoms with Gasteiger partial charge < -0.3 is 14.8 Å². The van der Waals surface area contributed by atoms with Gasteiger partial charge in [-0.25, -0.2) is 0 Å². The third-order valence-electron chi connectivity index (χ3n) is 3.27. The molecule has 0 spiro atoms. The van der Waals surface area contributed by atoms with Gasteiger partial charge in [-0.05, 0) is 33.7 Å². The van der Waals surface area contributed by atoms with E-state index in [9.17, 15) is 0 Å². The average molecular weight is 229 g/mol. The molecular formula is C13H27NO2. The molecule has 0 amide bonds. The molecule has 1 aliphatic carbocycles. The standard InChI is InChI=1S/C13H27NO2/c1-4-15-10-12(2)16-13(11-14-3)8-6-5-7-9-13/h12,14H,4-11H2,1-3H3. The molecule has 1 atom stereocenters. The topological polar surface area (TPSA) is 30.5 Å². The molecule has 0 radical (unpaired) electrons. The van der Waals surface area contributed by atoms with Gasteiger partial charge in [-0.2, -0.15) is 0 Å². The predicted molar refractivity (Wildman–Crippen MR) is 66.8 cm³/mol. The summed E-state index contributed by atoms with van der Waals surface area (Å²) >= 11 is 0. The Balaban J connectivity index is 2.42. The summed E-state index contributed by atoms with van der Waals surface area (Å²) in [6.45, 7) is 6.58. The van der Waals surface area contributed by atoms with Crippen molar-refractivity contribution in [3.63, 3.8) is 0 Å². The first-order chi connectivity index (χ1) is 7.72. The highest BCUT2D eigenvalue weighted by Gasteiger charge is 2.33. The quantitative estimate of drug-likeness (QED) is 0.727. The van der Waals surface area contributed by atoms with Crippen LogP contribution in [0.3, 0.4) is 0 Å². The van der Waals surface area contributed by atoms with Crippen molar-refractivity contribution in [3.8, 4) is 0 Å². The Kier molecular flexibility index (Phi) is 6.32. The molecule has 1 saturated carbocycles. The second-order valence-corrected chi connectivity index (χ2v) is 4.86. The number of rotatable bonds is 7. The first-order valence-electron chi connectivity index (χ1n) is 6.62. The first-order valence-corrected chi connectivity index (χ1v) is 6.62. The summed E-state index contributed by atoms with van der Waals surface area (Å²) in [5.41, 5.74) is 0.0590. The lowest BCUT2D eigenvalue weighted by atomic mass is 9.84. The fourth-order valence-electron chi connectivity index (χ4n) is 2.60. The van der Waals surface area contributed by atoms with Gasteiger partial charge in [0.1, 0.15) is 0 Å². The Morgan fingerprint density at radius 2 is 1.94 bits per heavy atom. The predicted octanol–water partition coefficient (Wildman–Crippen LogP) is 2.35. The van der Waals surface area contributed by atoms with Gasteiger partial charge in [0.05, 0.1) is 18.3 Å². The van der Waals surface area contributed by atoms with Crippen molar-refractivity contribution in [2.24, 2.45) is 0 Å². The van der Waals surface area contributed by atoms with E-state index in [4.69, 9.17) is 9.47 Å².